The topological polar surface area (TPSA) is 66.8 Å². The van der Waals surface area contributed by atoms with Gasteiger partial charge in [0, 0.05) is 17.8 Å². The molecule has 1 aromatic heterocycles. The molecule has 0 aliphatic carbocycles. The number of hydrogen-bond acceptors (Lipinski definition) is 4. The smallest absolute Gasteiger partial charge is 0.323 e. The monoisotopic (exact) mass is 269 g/mol. The highest BCUT2D eigenvalue weighted by molar-refractivity contribution is 7.14. The van der Waals surface area contributed by atoms with Crippen LogP contribution in [0.15, 0.2) is 6.07 Å². The fourth-order valence-corrected chi connectivity index (χ4v) is 3.02. The second-order valence-corrected chi connectivity index (χ2v) is 5.21. The van der Waals surface area contributed by atoms with Gasteiger partial charge in [0.25, 0.3) is 5.91 Å². The van der Waals surface area contributed by atoms with Gasteiger partial charge in [0.2, 0.25) is 0 Å². The molecule has 1 aromatic rings. The molecule has 1 amide bonds. The van der Waals surface area contributed by atoms with Crippen molar-refractivity contribution in [1.29, 1.82) is 0 Å². The predicted molar refractivity (Wildman–Crippen MR) is 66.9 cm³/mol. The molecule has 0 aromatic carbocycles. The molecule has 0 spiro atoms. The Morgan fingerprint density at radius 3 is 2.94 bits per heavy atom. The first-order valence-electron chi connectivity index (χ1n) is 5.82. The SMILES string of the molecule is CCN(CC(=O)O)C(=O)c1cc2c(s1)CCOC2. The second-order valence-electron chi connectivity index (χ2n) is 4.07. The number of rotatable bonds is 4. The Morgan fingerprint density at radius 1 is 1.56 bits per heavy atom. The van der Waals surface area contributed by atoms with E-state index in [9.17, 15) is 9.59 Å². The van der Waals surface area contributed by atoms with Crippen LogP contribution in [0.25, 0.3) is 0 Å². The highest BCUT2D eigenvalue weighted by Gasteiger charge is 2.22. The molecule has 1 aliphatic heterocycles. The third-order valence-electron chi connectivity index (χ3n) is 2.83. The summed E-state index contributed by atoms with van der Waals surface area (Å²) < 4.78 is 5.33. The van der Waals surface area contributed by atoms with Crippen LogP contribution >= 0.6 is 11.3 Å². The summed E-state index contributed by atoms with van der Waals surface area (Å²) in [5.41, 5.74) is 1.06. The summed E-state index contributed by atoms with van der Waals surface area (Å²) in [6, 6.07) is 1.83. The molecule has 1 N–H and O–H groups in total. The normalized spacial score (nSPS) is 14.1. The molecule has 0 atom stereocenters. The van der Waals surface area contributed by atoms with Crippen molar-refractivity contribution in [2.45, 2.75) is 20.0 Å². The van der Waals surface area contributed by atoms with E-state index in [4.69, 9.17) is 9.84 Å². The third kappa shape index (κ3) is 2.70. The van der Waals surface area contributed by atoms with Crippen LogP contribution in [-0.4, -0.2) is 41.6 Å². The Morgan fingerprint density at radius 2 is 2.33 bits per heavy atom. The molecule has 1 aliphatic rings. The van der Waals surface area contributed by atoms with Gasteiger partial charge in [-0.2, -0.15) is 0 Å². The predicted octanol–water partition coefficient (Wildman–Crippen LogP) is 1.37. The number of amides is 1. The number of fused-ring (bicyclic) bond motifs is 1. The van der Waals surface area contributed by atoms with Gasteiger partial charge in [-0.15, -0.1) is 11.3 Å². The summed E-state index contributed by atoms with van der Waals surface area (Å²) in [5, 5.41) is 8.76. The molecule has 0 saturated heterocycles. The summed E-state index contributed by atoms with van der Waals surface area (Å²) in [4.78, 5) is 26.0. The van der Waals surface area contributed by atoms with Crippen LogP contribution in [0.2, 0.25) is 0 Å². The van der Waals surface area contributed by atoms with Gasteiger partial charge >= 0.3 is 5.97 Å². The van der Waals surface area contributed by atoms with Gasteiger partial charge in [0.15, 0.2) is 0 Å². The number of hydrogen-bond donors (Lipinski definition) is 1. The molecule has 0 unspecified atom stereocenters. The fraction of sp³-hybridized carbons (Fsp3) is 0.500. The second kappa shape index (κ2) is 5.49. The van der Waals surface area contributed by atoms with Crippen molar-refractivity contribution in [3.8, 4) is 0 Å². The number of aliphatic carboxylic acids is 1. The zero-order chi connectivity index (χ0) is 13.1. The largest absolute Gasteiger partial charge is 0.480 e. The van der Waals surface area contributed by atoms with Crippen molar-refractivity contribution in [3.05, 3.63) is 21.4 Å². The van der Waals surface area contributed by atoms with E-state index in [1.807, 2.05) is 6.07 Å². The molecule has 2 heterocycles. The van der Waals surface area contributed by atoms with E-state index < -0.39 is 5.97 Å². The maximum Gasteiger partial charge on any atom is 0.323 e. The van der Waals surface area contributed by atoms with Crippen LogP contribution < -0.4 is 0 Å². The lowest BCUT2D eigenvalue weighted by Gasteiger charge is -2.17. The lowest BCUT2D eigenvalue weighted by Crippen LogP contribution is -2.34. The van der Waals surface area contributed by atoms with E-state index in [-0.39, 0.29) is 12.5 Å². The van der Waals surface area contributed by atoms with E-state index in [1.54, 1.807) is 6.92 Å². The third-order valence-corrected chi connectivity index (χ3v) is 4.06. The van der Waals surface area contributed by atoms with Crippen molar-refractivity contribution in [2.24, 2.45) is 0 Å². The molecule has 0 saturated carbocycles. The Hall–Kier alpha value is -1.40. The fourth-order valence-electron chi connectivity index (χ4n) is 1.90. The maximum absolute atomic E-state index is 12.2. The average Bonchev–Trinajstić information content (AvgIpc) is 2.78. The van der Waals surface area contributed by atoms with Crippen molar-refractivity contribution in [1.82, 2.24) is 4.90 Å². The van der Waals surface area contributed by atoms with Crippen LogP contribution in [0.4, 0.5) is 0 Å². The number of carbonyl (C=O) groups is 2. The minimum absolute atomic E-state index is 0.209. The van der Waals surface area contributed by atoms with Gasteiger partial charge in [-0.05, 0) is 18.6 Å². The number of nitrogens with zero attached hydrogens (tertiary/aromatic N) is 1. The zero-order valence-corrected chi connectivity index (χ0v) is 11.0. The summed E-state index contributed by atoms with van der Waals surface area (Å²) in [7, 11) is 0. The molecule has 0 bridgehead atoms. The highest BCUT2D eigenvalue weighted by Crippen LogP contribution is 2.27. The number of thiophene rings is 1. The first-order valence-corrected chi connectivity index (χ1v) is 6.64. The van der Waals surface area contributed by atoms with Gasteiger partial charge < -0.3 is 14.7 Å². The van der Waals surface area contributed by atoms with Gasteiger partial charge in [-0.3, -0.25) is 9.59 Å². The summed E-state index contributed by atoms with van der Waals surface area (Å²) >= 11 is 1.45. The summed E-state index contributed by atoms with van der Waals surface area (Å²) in [5.74, 6) is -1.20. The van der Waals surface area contributed by atoms with Gasteiger partial charge in [0.1, 0.15) is 6.54 Å². The molecular formula is C12H15NO4S. The molecule has 2 rings (SSSR count). The molecule has 0 fully saturated rings. The molecule has 5 nitrogen and oxygen atoms in total. The van der Waals surface area contributed by atoms with Crippen molar-refractivity contribution < 1.29 is 19.4 Å². The number of carboxylic acid groups (broad SMARTS) is 1. The van der Waals surface area contributed by atoms with E-state index in [2.05, 4.69) is 0 Å². The van der Waals surface area contributed by atoms with Crippen molar-refractivity contribution in [2.75, 3.05) is 19.7 Å². The summed E-state index contributed by atoms with van der Waals surface area (Å²) in [6.07, 6.45) is 0.832. The highest BCUT2D eigenvalue weighted by atomic mass is 32.1. The van der Waals surface area contributed by atoms with Crippen LogP contribution in [0.3, 0.4) is 0 Å². The van der Waals surface area contributed by atoms with Crippen molar-refractivity contribution in [3.63, 3.8) is 0 Å². The van der Waals surface area contributed by atoms with E-state index >= 15 is 0 Å². The Bertz CT molecular complexity index is 445. The van der Waals surface area contributed by atoms with Gasteiger partial charge in [-0.1, -0.05) is 0 Å². The number of ether oxygens (including phenoxy) is 1. The Kier molecular flexibility index (Phi) is 3.98. The average molecular weight is 269 g/mol. The van der Waals surface area contributed by atoms with Gasteiger partial charge in [0.05, 0.1) is 18.1 Å². The van der Waals surface area contributed by atoms with E-state index in [0.717, 1.165) is 12.0 Å². The van der Waals surface area contributed by atoms with Crippen LogP contribution in [-0.2, 0) is 22.6 Å². The number of carbonyl (C=O) groups excluding carboxylic acids is 1. The molecular weight excluding hydrogens is 254 g/mol. The minimum Gasteiger partial charge on any atom is -0.480 e. The standard InChI is InChI=1S/C12H15NO4S/c1-2-13(6-11(14)15)12(16)10-5-8-7-17-4-3-9(8)18-10/h5H,2-4,6-7H2,1H3,(H,14,15). The lowest BCUT2D eigenvalue weighted by molar-refractivity contribution is -0.137. The van der Waals surface area contributed by atoms with E-state index in [0.29, 0.717) is 24.6 Å². The molecule has 18 heavy (non-hydrogen) atoms. The van der Waals surface area contributed by atoms with Crippen LogP contribution in [0, 0.1) is 0 Å². The number of carboxylic acids is 1. The first-order chi connectivity index (χ1) is 8.61. The maximum atomic E-state index is 12.2. The van der Waals surface area contributed by atoms with Crippen molar-refractivity contribution >= 4 is 23.2 Å². The van der Waals surface area contributed by atoms with E-state index in [1.165, 1.54) is 21.1 Å². The zero-order valence-electron chi connectivity index (χ0n) is 10.1. The minimum atomic E-state index is -0.991. The molecule has 0 radical (unpaired) electrons. The van der Waals surface area contributed by atoms with Gasteiger partial charge in [-0.25, -0.2) is 0 Å². The van der Waals surface area contributed by atoms with Crippen LogP contribution in [0.1, 0.15) is 27.0 Å². The Balaban J connectivity index is 2.16. The number of likely N-dealkylation sites (N-methyl/N-ethyl adjacent to an activating group) is 1. The van der Waals surface area contributed by atoms with Crippen LogP contribution in [0.5, 0.6) is 0 Å². The molecule has 98 valence electrons. The quantitative estimate of drug-likeness (QED) is 0.896. The Labute approximate surface area is 109 Å². The summed E-state index contributed by atoms with van der Waals surface area (Å²) in [6.45, 7) is 3.15. The lowest BCUT2D eigenvalue weighted by atomic mass is 10.2. The molecule has 6 heteroatoms. The first kappa shape index (κ1) is 13.0.